The van der Waals surface area contributed by atoms with Crippen LogP contribution in [0.3, 0.4) is 0 Å². The average Bonchev–Trinajstić information content (AvgIpc) is 3.46. The second-order valence-electron chi connectivity index (χ2n) is 7.35. The van der Waals surface area contributed by atoms with Crippen LogP contribution in [0.4, 0.5) is 5.82 Å². The number of nitrogens with zero attached hydrogens (tertiary/aromatic N) is 2. The average molecular weight is 379 g/mol. The summed E-state index contributed by atoms with van der Waals surface area (Å²) in [6.45, 7) is 1.15. The number of hydrogen-bond acceptors (Lipinski definition) is 4. The molecule has 0 bridgehead atoms. The Morgan fingerprint density at radius 1 is 1.15 bits per heavy atom. The number of likely N-dealkylation sites (tertiary alicyclic amines) is 1. The van der Waals surface area contributed by atoms with E-state index in [-0.39, 0.29) is 5.91 Å². The molecule has 1 aromatic carbocycles. The molecule has 2 aromatic heterocycles. The van der Waals surface area contributed by atoms with Crippen LogP contribution in [0.15, 0.2) is 48.7 Å². The zero-order valence-electron chi connectivity index (χ0n) is 15.0. The van der Waals surface area contributed by atoms with Crippen LogP contribution in [0.1, 0.15) is 44.6 Å². The molecule has 5 nitrogen and oxygen atoms in total. The van der Waals surface area contributed by atoms with Gasteiger partial charge in [-0.25, -0.2) is 0 Å². The molecular weight excluding hydrogens is 356 g/mol. The highest BCUT2D eigenvalue weighted by Gasteiger charge is 2.35. The van der Waals surface area contributed by atoms with Crippen LogP contribution < -0.4 is 5.32 Å². The fourth-order valence-corrected chi connectivity index (χ4v) is 5.52. The van der Waals surface area contributed by atoms with Crippen molar-refractivity contribution in [1.82, 2.24) is 15.1 Å². The Morgan fingerprint density at radius 3 is 2.70 bits per heavy atom. The van der Waals surface area contributed by atoms with Crippen molar-refractivity contribution < 1.29 is 4.79 Å². The predicted molar refractivity (Wildman–Crippen MR) is 107 cm³/mol. The van der Waals surface area contributed by atoms with E-state index in [1.807, 2.05) is 6.07 Å². The van der Waals surface area contributed by atoms with Gasteiger partial charge < -0.3 is 5.32 Å². The van der Waals surface area contributed by atoms with Gasteiger partial charge in [0.05, 0.1) is 11.1 Å². The van der Waals surface area contributed by atoms with E-state index in [0.29, 0.717) is 17.9 Å². The van der Waals surface area contributed by atoms with E-state index < -0.39 is 0 Å². The third kappa shape index (κ3) is 3.19. The topological polar surface area (TPSA) is 61.0 Å². The van der Waals surface area contributed by atoms with Crippen molar-refractivity contribution in [2.24, 2.45) is 0 Å². The Hall–Kier alpha value is -2.44. The van der Waals surface area contributed by atoms with E-state index in [1.54, 1.807) is 23.6 Å². The van der Waals surface area contributed by atoms with E-state index in [1.165, 1.54) is 28.8 Å². The molecule has 0 unspecified atom stereocenters. The minimum Gasteiger partial charge on any atom is -0.306 e. The zero-order chi connectivity index (χ0) is 18.2. The third-order valence-electron chi connectivity index (χ3n) is 5.72. The van der Waals surface area contributed by atoms with E-state index in [2.05, 4.69) is 50.7 Å². The van der Waals surface area contributed by atoms with Gasteiger partial charge in [-0.05, 0) is 55.5 Å². The van der Waals surface area contributed by atoms with Crippen LogP contribution in [0.2, 0.25) is 0 Å². The number of aromatic amines is 1. The predicted octanol–water partition coefficient (Wildman–Crippen LogP) is 4.03. The quantitative estimate of drug-likeness (QED) is 0.721. The molecule has 5 rings (SSSR count). The number of rotatable bonds is 4. The first-order valence-electron chi connectivity index (χ1n) is 9.51. The van der Waals surface area contributed by atoms with Crippen molar-refractivity contribution in [3.8, 4) is 0 Å². The normalized spacial score (nSPS) is 20.1. The van der Waals surface area contributed by atoms with Gasteiger partial charge in [-0.15, -0.1) is 11.3 Å². The molecule has 1 saturated heterocycles. The lowest BCUT2D eigenvalue weighted by Crippen LogP contribution is -2.35. The summed E-state index contributed by atoms with van der Waals surface area (Å²) in [5.41, 5.74) is 3.00. The van der Waals surface area contributed by atoms with Crippen molar-refractivity contribution >= 4 is 23.1 Å². The first-order valence-corrected chi connectivity index (χ1v) is 10.3. The maximum Gasteiger partial charge on any atom is 0.266 e. The van der Waals surface area contributed by atoms with Gasteiger partial charge in [0.15, 0.2) is 0 Å². The van der Waals surface area contributed by atoms with Gasteiger partial charge >= 0.3 is 0 Å². The van der Waals surface area contributed by atoms with Crippen molar-refractivity contribution in [3.05, 3.63) is 69.5 Å². The number of H-pyrrole nitrogens is 1. The summed E-state index contributed by atoms with van der Waals surface area (Å²) < 4.78 is 0. The molecule has 0 saturated carbocycles. The molecule has 0 spiro atoms. The van der Waals surface area contributed by atoms with Crippen molar-refractivity contribution in [2.45, 2.75) is 37.8 Å². The highest BCUT2D eigenvalue weighted by molar-refractivity contribution is 7.14. The molecule has 1 amide bonds. The summed E-state index contributed by atoms with van der Waals surface area (Å²) in [6.07, 6.45) is 6.32. The molecule has 2 N–H and O–H groups in total. The standard InChI is InChI=1S/C21H22N4OS/c26-21(23-20-9-10-22-24-20)19-8-7-18(27-19)17-6-3-11-25(17)16-12-14-4-1-2-5-15(14)13-16/h1-2,4-5,7-10,16-17H,3,6,11-13H2,(H2,22,23,24,26)/t17-/m0/s1. The SMILES string of the molecule is O=C(Nc1ccn[nH]1)c1ccc([C@@H]2CCCN2C2Cc3ccccc3C2)s1. The molecular formula is C21H22N4OS. The summed E-state index contributed by atoms with van der Waals surface area (Å²) in [6, 6.07) is 15.7. The van der Waals surface area contributed by atoms with E-state index in [4.69, 9.17) is 0 Å². The van der Waals surface area contributed by atoms with Crippen molar-refractivity contribution in [1.29, 1.82) is 0 Å². The largest absolute Gasteiger partial charge is 0.306 e. The second kappa shape index (κ2) is 6.94. The maximum absolute atomic E-state index is 12.5. The molecule has 2 aliphatic rings. The number of anilines is 1. The summed E-state index contributed by atoms with van der Waals surface area (Å²) in [5, 5.41) is 9.49. The number of fused-ring (bicyclic) bond motifs is 1. The highest BCUT2D eigenvalue weighted by Crippen LogP contribution is 2.40. The van der Waals surface area contributed by atoms with E-state index >= 15 is 0 Å². The van der Waals surface area contributed by atoms with Gasteiger partial charge in [0, 0.05) is 23.0 Å². The van der Waals surface area contributed by atoms with Crippen LogP contribution in [-0.2, 0) is 12.8 Å². The minimum absolute atomic E-state index is 0.0756. The molecule has 6 heteroatoms. The van der Waals surface area contributed by atoms with Gasteiger partial charge in [-0.2, -0.15) is 5.10 Å². The molecule has 27 heavy (non-hydrogen) atoms. The highest BCUT2D eigenvalue weighted by atomic mass is 32.1. The van der Waals surface area contributed by atoms with Crippen LogP contribution in [-0.4, -0.2) is 33.6 Å². The summed E-state index contributed by atoms with van der Waals surface area (Å²) >= 11 is 1.62. The summed E-state index contributed by atoms with van der Waals surface area (Å²) in [4.78, 5) is 17.2. The monoisotopic (exact) mass is 378 g/mol. The van der Waals surface area contributed by atoms with Gasteiger partial charge in [-0.1, -0.05) is 24.3 Å². The number of benzene rings is 1. The molecule has 3 aromatic rings. The van der Waals surface area contributed by atoms with Crippen LogP contribution in [0.5, 0.6) is 0 Å². The Morgan fingerprint density at radius 2 is 1.96 bits per heavy atom. The Labute approximate surface area is 162 Å². The lowest BCUT2D eigenvalue weighted by molar-refractivity contribution is 0.103. The lowest BCUT2D eigenvalue weighted by atomic mass is 10.1. The van der Waals surface area contributed by atoms with Gasteiger partial charge in [0.2, 0.25) is 0 Å². The molecule has 1 atom stereocenters. The number of hydrogen-bond donors (Lipinski definition) is 2. The number of thiophene rings is 1. The number of amides is 1. The van der Waals surface area contributed by atoms with Crippen molar-refractivity contribution in [2.75, 3.05) is 11.9 Å². The van der Waals surface area contributed by atoms with E-state index in [0.717, 1.165) is 24.3 Å². The van der Waals surface area contributed by atoms with Crippen LogP contribution >= 0.6 is 11.3 Å². The smallest absolute Gasteiger partial charge is 0.266 e. The Kier molecular flexibility index (Phi) is 4.30. The first kappa shape index (κ1) is 16.7. The van der Waals surface area contributed by atoms with Gasteiger partial charge in [0.25, 0.3) is 5.91 Å². The summed E-state index contributed by atoms with van der Waals surface area (Å²) in [5.74, 6) is 0.550. The summed E-state index contributed by atoms with van der Waals surface area (Å²) in [7, 11) is 0. The molecule has 1 aliphatic heterocycles. The fourth-order valence-electron chi connectivity index (χ4n) is 4.47. The molecule has 138 valence electrons. The fraction of sp³-hybridized carbons (Fsp3) is 0.333. The zero-order valence-corrected chi connectivity index (χ0v) is 15.8. The van der Waals surface area contributed by atoms with Crippen molar-refractivity contribution in [3.63, 3.8) is 0 Å². The van der Waals surface area contributed by atoms with Crippen LogP contribution in [0, 0.1) is 0 Å². The first-order chi connectivity index (χ1) is 13.3. The molecule has 1 aliphatic carbocycles. The number of carbonyl (C=O) groups is 1. The Balaban J connectivity index is 1.31. The number of nitrogens with one attached hydrogen (secondary N) is 2. The van der Waals surface area contributed by atoms with Gasteiger partial charge in [-0.3, -0.25) is 14.8 Å². The molecule has 3 heterocycles. The van der Waals surface area contributed by atoms with Gasteiger partial charge in [0.1, 0.15) is 5.82 Å². The molecule has 1 fully saturated rings. The molecule has 0 radical (unpaired) electrons. The third-order valence-corrected chi connectivity index (χ3v) is 6.91. The minimum atomic E-state index is -0.0756. The number of carbonyl (C=O) groups excluding carboxylic acids is 1. The van der Waals surface area contributed by atoms with E-state index in [9.17, 15) is 4.79 Å². The second-order valence-corrected chi connectivity index (χ2v) is 8.47. The lowest BCUT2D eigenvalue weighted by Gasteiger charge is -2.29. The maximum atomic E-state index is 12.5. The van der Waals surface area contributed by atoms with Crippen LogP contribution in [0.25, 0.3) is 0 Å². The number of aromatic nitrogens is 2. The Bertz CT molecular complexity index is 924.